The fraction of sp³-hybridized carbons (Fsp3) is 0.200. The molecule has 0 saturated heterocycles. The molecule has 0 bridgehead atoms. The van der Waals surface area contributed by atoms with Crippen molar-refractivity contribution in [2.24, 2.45) is 0 Å². The van der Waals surface area contributed by atoms with Crippen LogP contribution >= 0.6 is 11.6 Å². The standard InChI is InChI=1S/C15H16ClFN2/c1-2-10-5-3-4-6-11(10)9-19-15-7-12(16)13(17)8-14(15)18/h3-8,19H,2,9,18H2,1H3. The van der Waals surface area contributed by atoms with Gasteiger partial charge in [0.15, 0.2) is 0 Å². The summed E-state index contributed by atoms with van der Waals surface area (Å²) >= 11 is 5.76. The third kappa shape index (κ3) is 3.18. The van der Waals surface area contributed by atoms with Gasteiger partial charge in [-0.1, -0.05) is 42.8 Å². The average molecular weight is 279 g/mol. The highest BCUT2D eigenvalue weighted by Gasteiger charge is 2.07. The Morgan fingerprint density at radius 1 is 1.21 bits per heavy atom. The summed E-state index contributed by atoms with van der Waals surface area (Å²) in [5.74, 6) is -0.501. The second-order valence-electron chi connectivity index (χ2n) is 4.33. The van der Waals surface area contributed by atoms with Gasteiger partial charge < -0.3 is 11.1 Å². The summed E-state index contributed by atoms with van der Waals surface area (Å²) in [6.45, 7) is 2.75. The van der Waals surface area contributed by atoms with Gasteiger partial charge >= 0.3 is 0 Å². The molecule has 0 aromatic heterocycles. The fourth-order valence-corrected chi connectivity index (χ4v) is 2.14. The van der Waals surface area contributed by atoms with E-state index in [4.69, 9.17) is 17.3 Å². The molecule has 0 unspecified atom stereocenters. The zero-order valence-electron chi connectivity index (χ0n) is 10.7. The van der Waals surface area contributed by atoms with Gasteiger partial charge in [0.1, 0.15) is 5.82 Å². The van der Waals surface area contributed by atoms with E-state index in [1.54, 1.807) is 0 Å². The van der Waals surface area contributed by atoms with E-state index in [1.165, 1.54) is 23.3 Å². The summed E-state index contributed by atoms with van der Waals surface area (Å²) in [6, 6.07) is 10.9. The summed E-state index contributed by atoms with van der Waals surface area (Å²) in [6.07, 6.45) is 0.970. The molecule has 0 aliphatic carbocycles. The van der Waals surface area contributed by atoms with Gasteiger partial charge in [0.25, 0.3) is 0 Å². The Bertz CT molecular complexity index is 584. The van der Waals surface area contributed by atoms with Gasteiger partial charge in [0, 0.05) is 12.6 Å². The summed E-state index contributed by atoms with van der Waals surface area (Å²) in [5.41, 5.74) is 9.25. The number of anilines is 2. The minimum Gasteiger partial charge on any atom is -0.397 e. The van der Waals surface area contributed by atoms with Gasteiger partial charge in [-0.3, -0.25) is 0 Å². The highest BCUT2D eigenvalue weighted by molar-refractivity contribution is 6.31. The molecule has 2 aromatic rings. The van der Waals surface area contributed by atoms with Gasteiger partial charge in [-0.25, -0.2) is 4.39 Å². The first-order valence-corrected chi connectivity index (χ1v) is 6.54. The number of aryl methyl sites for hydroxylation is 1. The number of rotatable bonds is 4. The number of nitrogens with one attached hydrogen (secondary N) is 1. The minimum absolute atomic E-state index is 0.0699. The molecule has 0 spiro atoms. The predicted molar refractivity (Wildman–Crippen MR) is 79.0 cm³/mol. The molecular formula is C15H16ClFN2. The van der Waals surface area contributed by atoms with E-state index in [0.29, 0.717) is 17.9 Å². The number of nitrogens with two attached hydrogens (primary N) is 1. The van der Waals surface area contributed by atoms with Crippen LogP contribution in [0.5, 0.6) is 0 Å². The molecule has 0 aliphatic heterocycles. The number of nitrogen functional groups attached to an aromatic ring is 1. The third-order valence-corrected chi connectivity index (χ3v) is 3.35. The molecule has 2 rings (SSSR count). The first kappa shape index (κ1) is 13.7. The van der Waals surface area contributed by atoms with Crippen LogP contribution in [-0.2, 0) is 13.0 Å². The lowest BCUT2D eigenvalue weighted by Gasteiger charge is -2.12. The lowest BCUT2D eigenvalue weighted by Crippen LogP contribution is -2.05. The molecule has 100 valence electrons. The lowest BCUT2D eigenvalue weighted by molar-refractivity contribution is 0.629. The Labute approximate surface area is 117 Å². The quantitative estimate of drug-likeness (QED) is 0.821. The molecule has 0 radical (unpaired) electrons. The van der Waals surface area contributed by atoms with Crippen molar-refractivity contribution >= 4 is 23.0 Å². The van der Waals surface area contributed by atoms with Gasteiger partial charge in [-0.15, -0.1) is 0 Å². The molecule has 0 aliphatic rings. The van der Waals surface area contributed by atoms with E-state index in [2.05, 4.69) is 24.4 Å². The molecule has 0 saturated carbocycles. The van der Waals surface area contributed by atoms with Crippen LogP contribution in [0.2, 0.25) is 5.02 Å². The van der Waals surface area contributed by atoms with E-state index < -0.39 is 5.82 Å². The van der Waals surface area contributed by atoms with Crippen molar-refractivity contribution in [3.63, 3.8) is 0 Å². The Balaban J connectivity index is 2.17. The Hall–Kier alpha value is -1.74. The number of hydrogen-bond donors (Lipinski definition) is 2. The maximum Gasteiger partial charge on any atom is 0.143 e. The highest BCUT2D eigenvalue weighted by Crippen LogP contribution is 2.26. The van der Waals surface area contributed by atoms with Gasteiger partial charge in [0.2, 0.25) is 0 Å². The molecule has 19 heavy (non-hydrogen) atoms. The van der Waals surface area contributed by atoms with Crippen molar-refractivity contribution in [2.45, 2.75) is 19.9 Å². The molecule has 0 heterocycles. The smallest absolute Gasteiger partial charge is 0.143 e. The lowest BCUT2D eigenvalue weighted by atomic mass is 10.1. The highest BCUT2D eigenvalue weighted by atomic mass is 35.5. The predicted octanol–water partition coefficient (Wildman–Crippen LogP) is 4.24. The fourth-order valence-electron chi connectivity index (χ4n) is 1.98. The molecule has 0 fully saturated rings. The molecule has 2 nitrogen and oxygen atoms in total. The monoisotopic (exact) mass is 278 g/mol. The second kappa shape index (κ2) is 5.93. The Kier molecular flexibility index (Phi) is 4.27. The third-order valence-electron chi connectivity index (χ3n) is 3.06. The molecule has 0 amide bonds. The van der Waals surface area contributed by atoms with Gasteiger partial charge in [0.05, 0.1) is 16.4 Å². The summed E-state index contributed by atoms with van der Waals surface area (Å²) < 4.78 is 13.2. The Morgan fingerprint density at radius 2 is 1.89 bits per heavy atom. The molecule has 3 N–H and O–H groups in total. The van der Waals surface area contributed by atoms with Crippen molar-refractivity contribution < 1.29 is 4.39 Å². The first-order chi connectivity index (χ1) is 9.11. The molecule has 2 aromatic carbocycles. The first-order valence-electron chi connectivity index (χ1n) is 6.17. The van der Waals surface area contributed by atoms with Gasteiger partial charge in [-0.2, -0.15) is 0 Å². The van der Waals surface area contributed by atoms with Crippen LogP contribution in [0.25, 0.3) is 0 Å². The van der Waals surface area contributed by atoms with Crippen LogP contribution in [-0.4, -0.2) is 0 Å². The zero-order valence-corrected chi connectivity index (χ0v) is 11.5. The van der Waals surface area contributed by atoms with Crippen LogP contribution in [0.15, 0.2) is 36.4 Å². The van der Waals surface area contributed by atoms with Crippen molar-refractivity contribution in [1.82, 2.24) is 0 Å². The van der Waals surface area contributed by atoms with Crippen LogP contribution in [0.3, 0.4) is 0 Å². The topological polar surface area (TPSA) is 38.0 Å². The second-order valence-corrected chi connectivity index (χ2v) is 4.74. The van der Waals surface area contributed by atoms with E-state index >= 15 is 0 Å². The van der Waals surface area contributed by atoms with Crippen LogP contribution in [0, 0.1) is 5.82 Å². The van der Waals surface area contributed by atoms with Crippen molar-refractivity contribution in [3.8, 4) is 0 Å². The van der Waals surface area contributed by atoms with Crippen molar-refractivity contribution in [1.29, 1.82) is 0 Å². The molecular weight excluding hydrogens is 263 g/mol. The summed E-state index contributed by atoms with van der Waals surface area (Å²) in [5, 5.41) is 3.27. The zero-order chi connectivity index (χ0) is 13.8. The normalized spacial score (nSPS) is 10.5. The van der Waals surface area contributed by atoms with Gasteiger partial charge in [-0.05, 0) is 23.6 Å². The van der Waals surface area contributed by atoms with Crippen molar-refractivity contribution in [3.05, 3.63) is 58.4 Å². The van der Waals surface area contributed by atoms with Crippen LogP contribution in [0.4, 0.5) is 15.8 Å². The molecule has 0 atom stereocenters. The van der Waals surface area contributed by atoms with Crippen LogP contribution < -0.4 is 11.1 Å². The number of benzene rings is 2. The maximum atomic E-state index is 13.2. The summed E-state index contributed by atoms with van der Waals surface area (Å²) in [4.78, 5) is 0. The van der Waals surface area contributed by atoms with E-state index in [0.717, 1.165) is 6.42 Å². The van der Waals surface area contributed by atoms with E-state index in [9.17, 15) is 4.39 Å². The Morgan fingerprint density at radius 3 is 2.58 bits per heavy atom. The SMILES string of the molecule is CCc1ccccc1CNc1cc(Cl)c(F)cc1N. The van der Waals surface area contributed by atoms with E-state index in [-0.39, 0.29) is 5.02 Å². The minimum atomic E-state index is -0.501. The largest absolute Gasteiger partial charge is 0.397 e. The number of hydrogen-bond acceptors (Lipinski definition) is 2. The van der Waals surface area contributed by atoms with E-state index in [1.807, 2.05) is 12.1 Å². The average Bonchev–Trinajstić information content (AvgIpc) is 2.41. The summed E-state index contributed by atoms with van der Waals surface area (Å²) in [7, 11) is 0. The number of halogens is 2. The molecule has 4 heteroatoms. The van der Waals surface area contributed by atoms with Crippen LogP contribution in [0.1, 0.15) is 18.1 Å². The maximum absolute atomic E-state index is 13.2. The van der Waals surface area contributed by atoms with Crippen molar-refractivity contribution in [2.75, 3.05) is 11.1 Å².